The zero-order valence-electron chi connectivity index (χ0n) is 12.0. The van der Waals surface area contributed by atoms with Crippen molar-refractivity contribution in [3.8, 4) is 0 Å². The first-order valence-corrected chi connectivity index (χ1v) is 6.67. The lowest BCUT2D eigenvalue weighted by Crippen LogP contribution is -2.46. The van der Waals surface area contributed by atoms with Crippen LogP contribution in [0.5, 0.6) is 0 Å². The number of hydrogen-bond acceptors (Lipinski definition) is 4. The van der Waals surface area contributed by atoms with Gasteiger partial charge in [0.1, 0.15) is 5.60 Å². The van der Waals surface area contributed by atoms with Gasteiger partial charge in [-0.1, -0.05) is 0 Å². The molecule has 2 atom stereocenters. The van der Waals surface area contributed by atoms with E-state index in [0.717, 1.165) is 19.5 Å². The molecule has 3 N–H and O–H groups in total. The van der Waals surface area contributed by atoms with Crippen molar-refractivity contribution in [3.05, 3.63) is 0 Å². The number of carbonyl (C=O) groups excluding carboxylic acids is 1. The third-order valence-electron chi connectivity index (χ3n) is 3.30. The van der Waals surface area contributed by atoms with Crippen LogP contribution in [-0.2, 0) is 4.74 Å². The van der Waals surface area contributed by atoms with Crippen LogP contribution in [0.15, 0.2) is 0 Å². The fourth-order valence-corrected chi connectivity index (χ4v) is 2.33. The molecule has 1 amide bonds. The van der Waals surface area contributed by atoms with Gasteiger partial charge in [-0.3, -0.25) is 0 Å². The topological polar surface area (TPSA) is 67.6 Å². The third kappa shape index (κ3) is 5.23. The van der Waals surface area contributed by atoms with Crippen LogP contribution in [0.4, 0.5) is 4.79 Å². The van der Waals surface area contributed by atoms with Gasteiger partial charge in [-0.2, -0.15) is 0 Å². The summed E-state index contributed by atoms with van der Waals surface area (Å²) in [6.45, 7) is 9.00. The van der Waals surface area contributed by atoms with Gasteiger partial charge in [0.15, 0.2) is 0 Å². The predicted molar refractivity (Wildman–Crippen MR) is 72.4 cm³/mol. The summed E-state index contributed by atoms with van der Waals surface area (Å²) in [5, 5.41) is 2.85. The van der Waals surface area contributed by atoms with Crippen LogP contribution in [0.3, 0.4) is 0 Å². The van der Waals surface area contributed by atoms with Crippen LogP contribution >= 0.6 is 0 Å². The molecule has 0 aromatic carbocycles. The van der Waals surface area contributed by atoms with E-state index in [9.17, 15) is 4.79 Å². The minimum Gasteiger partial charge on any atom is -0.444 e. The molecule has 0 radical (unpaired) electrons. The number of ether oxygens (including phenoxy) is 1. The number of nitrogens with two attached hydrogens (primary N) is 1. The highest BCUT2D eigenvalue weighted by molar-refractivity contribution is 5.67. The Balaban J connectivity index is 2.35. The van der Waals surface area contributed by atoms with E-state index >= 15 is 0 Å². The number of nitrogens with zero attached hydrogens (tertiary/aromatic N) is 1. The molecule has 0 unspecified atom stereocenters. The van der Waals surface area contributed by atoms with Gasteiger partial charge in [-0.05, 0) is 59.2 Å². The summed E-state index contributed by atoms with van der Waals surface area (Å²) in [4.78, 5) is 13.9. The lowest BCUT2D eigenvalue weighted by atomic mass is 9.85. The van der Waals surface area contributed by atoms with Gasteiger partial charge in [0.05, 0.1) is 0 Å². The number of amides is 1. The molecule has 0 spiro atoms. The number of rotatable bonds is 3. The van der Waals surface area contributed by atoms with Crippen LogP contribution in [0.25, 0.3) is 0 Å². The smallest absolute Gasteiger partial charge is 0.407 e. The summed E-state index contributed by atoms with van der Waals surface area (Å²) in [7, 11) is 2.11. The molecule has 1 aliphatic heterocycles. The Bertz CT molecular complexity index is 276. The van der Waals surface area contributed by atoms with Gasteiger partial charge >= 0.3 is 6.09 Å². The Morgan fingerprint density at radius 2 is 2.11 bits per heavy atom. The third-order valence-corrected chi connectivity index (χ3v) is 3.30. The molecule has 5 heteroatoms. The van der Waals surface area contributed by atoms with Crippen molar-refractivity contribution < 1.29 is 9.53 Å². The Morgan fingerprint density at radius 3 is 2.67 bits per heavy atom. The first kappa shape index (κ1) is 15.2. The molecule has 106 valence electrons. The van der Waals surface area contributed by atoms with Gasteiger partial charge in [0.25, 0.3) is 0 Å². The van der Waals surface area contributed by atoms with Gasteiger partial charge in [0.2, 0.25) is 0 Å². The fraction of sp³-hybridized carbons (Fsp3) is 0.923. The minimum atomic E-state index is -0.440. The number of nitrogens with one attached hydrogen (secondary N) is 1. The second kappa shape index (κ2) is 6.38. The summed E-state index contributed by atoms with van der Waals surface area (Å²) >= 11 is 0. The highest BCUT2D eigenvalue weighted by Gasteiger charge is 2.27. The summed E-state index contributed by atoms with van der Waals surface area (Å²) in [6, 6.07) is 0. The standard InChI is InChI=1S/C13H27N3O2/c1-13(2,3)18-12(17)15-8-10-5-6-16(4)9-11(10)7-14/h10-11H,5-9,14H2,1-4H3,(H,15,17)/t10-,11+/m0/s1. The predicted octanol–water partition coefficient (Wildman–Crippen LogP) is 1.04. The van der Waals surface area contributed by atoms with Crippen LogP contribution in [0.2, 0.25) is 0 Å². The van der Waals surface area contributed by atoms with Gasteiger partial charge in [-0.25, -0.2) is 4.79 Å². The van der Waals surface area contributed by atoms with E-state index in [2.05, 4.69) is 17.3 Å². The maximum atomic E-state index is 11.6. The normalized spacial score (nSPS) is 25.8. The van der Waals surface area contributed by atoms with E-state index < -0.39 is 5.60 Å². The van der Waals surface area contributed by atoms with E-state index in [1.807, 2.05) is 20.8 Å². The Kier molecular flexibility index (Phi) is 5.41. The maximum absolute atomic E-state index is 11.6. The largest absolute Gasteiger partial charge is 0.444 e. The Labute approximate surface area is 110 Å². The second-order valence-corrected chi connectivity index (χ2v) is 6.19. The summed E-state index contributed by atoms with van der Waals surface area (Å²) in [5.41, 5.74) is 5.35. The van der Waals surface area contributed by atoms with Gasteiger partial charge in [-0.15, -0.1) is 0 Å². The molecule has 0 aromatic rings. The van der Waals surface area contributed by atoms with Crippen molar-refractivity contribution in [1.29, 1.82) is 0 Å². The minimum absolute atomic E-state index is 0.336. The number of piperidine rings is 1. The monoisotopic (exact) mass is 257 g/mol. The molecular formula is C13H27N3O2. The summed E-state index contributed by atoms with van der Waals surface area (Å²) in [5.74, 6) is 0.914. The summed E-state index contributed by atoms with van der Waals surface area (Å²) in [6.07, 6.45) is 0.742. The zero-order valence-corrected chi connectivity index (χ0v) is 12.0. The molecule has 0 aliphatic carbocycles. The average Bonchev–Trinajstić information content (AvgIpc) is 2.24. The first-order valence-electron chi connectivity index (χ1n) is 6.67. The van der Waals surface area contributed by atoms with Crippen molar-refractivity contribution in [2.75, 3.05) is 33.2 Å². The van der Waals surface area contributed by atoms with Crippen molar-refractivity contribution in [2.45, 2.75) is 32.8 Å². The van der Waals surface area contributed by atoms with E-state index in [1.165, 1.54) is 0 Å². The molecule has 1 rings (SSSR count). The molecule has 1 saturated heterocycles. The zero-order chi connectivity index (χ0) is 13.8. The molecule has 0 bridgehead atoms. The van der Waals surface area contributed by atoms with Crippen LogP contribution in [0, 0.1) is 11.8 Å². The quantitative estimate of drug-likeness (QED) is 0.792. The molecule has 18 heavy (non-hydrogen) atoms. The number of alkyl carbamates (subject to hydrolysis) is 1. The van der Waals surface area contributed by atoms with E-state index in [0.29, 0.717) is 24.9 Å². The van der Waals surface area contributed by atoms with Crippen molar-refractivity contribution in [2.24, 2.45) is 17.6 Å². The van der Waals surface area contributed by atoms with Crippen molar-refractivity contribution in [3.63, 3.8) is 0 Å². The highest BCUT2D eigenvalue weighted by Crippen LogP contribution is 2.21. The van der Waals surface area contributed by atoms with E-state index in [4.69, 9.17) is 10.5 Å². The van der Waals surface area contributed by atoms with Crippen molar-refractivity contribution in [1.82, 2.24) is 10.2 Å². The molecule has 0 saturated carbocycles. The van der Waals surface area contributed by atoms with Crippen molar-refractivity contribution >= 4 is 6.09 Å². The second-order valence-electron chi connectivity index (χ2n) is 6.19. The molecule has 0 aromatic heterocycles. The van der Waals surface area contributed by atoms with E-state index in [-0.39, 0.29) is 6.09 Å². The lowest BCUT2D eigenvalue weighted by molar-refractivity contribution is 0.0497. The van der Waals surface area contributed by atoms with Crippen LogP contribution < -0.4 is 11.1 Å². The SMILES string of the molecule is CN1CC[C@@H](CNC(=O)OC(C)(C)C)[C@H](CN)C1. The van der Waals surface area contributed by atoms with Gasteiger partial charge < -0.3 is 20.7 Å². The summed E-state index contributed by atoms with van der Waals surface area (Å²) < 4.78 is 5.23. The van der Waals surface area contributed by atoms with E-state index in [1.54, 1.807) is 0 Å². The molecule has 5 nitrogen and oxygen atoms in total. The maximum Gasteiger partial charge on any atom is 0.407 e. The highest BCUT2D eigenvalue weighted by atomic mass is 16.6. The number of likely N-dealkylation sites (tertiary alicyclic amines) is 1. The van der Waals surface area contributed by atoms with Crippen LogP contribution in [-0.4, -0.2) is 49.8 Å². The lowest BCUT2D eigenvalue weighted by Gasteiger charge is -2.36. The Morgan fingerprint density at radius 1 is 1.44 bits per heavy atom. The molecular weight excluding hydrogens is 230 g/mol. The number of hydrogen-bond donors (Lipinski definition) is 2. The van der Waals surface area contributed by atoms with Crippen LogP contribution in [0.1, 0.15) is 27.2 Å². The molecule has 1 fully saturated rings. The Hall–Kier alpha value is -0.810. The molecule has 1 heterocycles. The van der Waals surface area contributed by atoms with Gasteiger partial charge in [0, 0.05) is 13.1 Å². The average molecular weight is 257 g/mol. The molecule has 1 aliphatic rings. The number of carbonyl (C=O) groups is 1. The first-order chi connectivity index (χ1) is 8.31. The fourth-order valence-electron chi connectivity index (χ4n) is 2.33.